The van der Waals surface area contributed by atoms with E-state index in [1.54, 1.807) is 0 Å². The van der Waals surface area contributed by atoms with Crippen molar-refractivity contribution in [1.29, 1.82) is 0 Å². The maximum atomic E-state index is 11.1. The highest BCUT2D eigenvalue weighted by atomic mass is 127. The van der Waals surface area contributed by atoms with Crippen molar-refractivity contribution in [2.24, 2.45) is 0 Å². The Hall–Kier alpha value is -0.590. The van der Waals surface area contributed by atoms with E-state index < -0.39 is 5.69 Å². The third kappa shape index (κ3) is 1.77. The largest absolute Gasteiger partial charge is 0.325 e. The van der Waals surface area contributed by atoms with Crippen molar-refractivity contribution in [2.45, 2.75) is 19.8 Å². The first-order chi connectivity index (χ1) is 5.52. The SMILES string of the molecule is CC(C)c1[nH]c(=O)[nH]c(=O)c1I. The molecule has 2 N–H and O–H groups in total. The van der Waals surface area contributed by atoms with Gasteiger partial charge in [-0.15, -0.1) is 0 Å². The third-order valence-corrected chi connectivity index (χ3v) is 2.56. The Kier molecular flexibility index (Phi) is 2.71. The minimum atomic E-state index is -0.441. The molecule has 5 heteroatoms. The van der Waals surface area contributed by atoms with Crippen molar-refractivity contribution >= 4 is 22.6 Å². The lowest BCUT2D eigenvalue weighted by Gasteiger charge is -2.05. The molecule has 0 radical (unpaired) electrons. The Bertz CT molecular complexity index is 391. The molecule has 1 aromatic heterocycles. The topological polar surface area (TPSA) is 65.7 Å². The van der Waals surface area contributed by atoms with Gasteiger partial charge in [0.05, 0.1) is 3.57 Å². The van der Waals surface area contributed by atoms with Crippen molar-refractivity contribution in [3.05, 3.63) is 30.1 Å². The average molecular weight is 280 g/mol. The van der Waals surface area contributed by atoms with E-state index in [4.69, 9.17) is 0 Å². The molecule has 0 spiro atoms. The summed E-state index contributed by atoms with van der Waals surface area (Å²) in [5, 5.41) is 0. The molecule has 1 heterocycles. The molecule has 66 valence electrons. The number of halogens is 1. The number of nitrogens with one attached hydrogen (secondary N) is 2. The third-order valence-electron chi connectivity index (χ3n) is 1.49. The second-order valence-electron chi connectivity index (χ2n) is 2.79. The van der Waals surface area contributed by atoms with Gasteiger partial charge in [-0.2, -0.15) is 0 Å². The molecule has 0 saturated heterocycles. The molecule has 0 fully saturated rings. The zero-order valence-corrected chi connectivity index (χ0v) is 8.93. The fourth-order valence-electron chi connectivity index (χ4n) is 0.887. The lowest BCUT2D eigenvalue weighted by atomic mass is 10.1. The Morgan fingerprint density at radius 3 is 2.33 bits per heavy atom. The fraction of sp³-hybridized carbons (Fsp3) is 0.429. The van der Waals surface area contributed by atoms with E-state index in [1.165, 1.54) is 0 Å². The van der Waals surface area contributed by atoms with Gasteiger partial charge in [0.2, 0.25) is 0 Å². The van der Waals surface area contributed by atoms with Crippen LogP contribution >= 0.6 is 22.6 Å². The van der Waals surface area contributed by atoms with E-state index in [-0.39, 0.29) is 11.5 Å². The Morgan fingerprint density at radius 1 is 1.25 bits per heavy atom. The second-order valence-corrected chi connectivity index (χ2v) is 3.87. The molecular weight excluding hydrogens is 271 g/mol. The first-order valence-electron chi connectivity index (χ1n) is 3.54. The fourth-order valence-corrected chi connectivity index (χ4v) is 1.78. The number of hydrogen-bond donors (Lipinski definition) is 2. The summed E-state index contributed by atoms with van der Waals surface area (Å²) >= 11 is 1.92. The molecule has 0 bridgehead atoms. The summed E-state index contributed by atoms with van der Waals surface area (Å²) in [6.07, 6.45) is 0. The summed E-state index contributed by atoms with van der Waals surface area (Å²) in [5.41, 5.74) is -0.0588. The molecule has 0 atom stereocenters. The first kappa shape index (κ1) is 9.50. The van der Waals surface area contributed by atoms with Gasteiger partial charge >= 0.3 is 5.69 Å². The van der Waals surface area contributed by atoms with E-state index in [0.717, 1.165) is 0 Å². The van der Waals surface area contributed by atoms with Crippen LogP contribution in [0.25, 0.3) is 0 Å². The molecule has 0 aliphatic carbocycles. The monoisotopic (exact) mass is 280 g/mol. The predicted octanol–water partition coefficient (Wildman–Crippen LogP) is 0.791. The van der Waals surface area contributed by atoms with Gasteiger partial charge in [0.15, 0.2) is 0 Å². The van der Waals surface area contributed by atoms with Crippen LogP contribution in [0.4, 0.5) is 0 Å². The molecule has 4 nitrogen and oxygen atoms in total. The van der Waals surface area contributed by atoms with Gasteiger partial charge < -0.3 is 4.98 Å². The van der Waals surface area contributed by atoms with Crippen LogP contribution in [0.15, 0.2) is 9.59 Å². The first-order valence-corrected chi connectivity index (χ1v) is 4.62. The van der Waals surface area contributed by atoms with Crippen LogP contribution in [0.5, 0.6) is 0 Å². The zero-order valence-electron chi connectivity index (χ0n) is 6.77. The number of rotatable bonds is 1. The van der Waals surface area contributed by atoms with Crippen LogP contribution in [0.3, 0.4) is 0 Å². The van der Waals surface area contributed by atoms with E-state index in [2.05, 4.69) is 9.97 Å². The highest BCUT2D eigenvalue weighted by Crippen LogP contribution is 2.13. The summed E-state index contributed by atoms with van der Waals surface area (Å²) in [6.45, 7) is 3.85. The smallest absolute Gasteiger partial charge is 0.310 e. The van der Waals surface area contributed by atoms with Crippen LogP contribution in [-0.4, -0.2) is 9.97 Å². The van der Waals surface area contributed by atoms with Gasteiger partial charge in [0, 0.05) is 5.69 Å². The van der Waals surface area contributed by atoms with E-state index in [1.807, 2.05) is 36.4 Å². The predicted molar refractivity (Wildman–Crippen MR) is 54.5 cm³/mol. The van der Waals surface area contributed by atoms with Crippen LogP contribution < -0.4 is 11.2 Å². The molecule has 1 aromatic rings. The summed E-state index contributed by atoms with van der Waals surface area (Å²) in [6, 6.07) is 0. The van der Waals surface area contributed by atoms with Gasteiger partial charge in [0.25, 0.3) is 5.56 Å². The van der Waals surface area contributed by atoms with Crippen molar-refractivity contribution in [3.63, 3.8) is 0 Å². The Morgan fingerprint density at radius 2 is 1.83 bits per heavy atom. The normalized spacial score (nSPS) is 10.7. The number of hydrogen-bond acceptors (Lipinski definition) is 2. The van der Waals surface area contributed by atoms with Gasteiger partial charge in [-0.25, -0.2) is 4.79 Å². The van der Waals surface area contributed by atoms with E-state index in [9.17, 15) is 9.59 Å². The summed E-state index contributed by atoms with van der Waals surface area (Å²) in [4.78, 5) is 26.7. The molecule has 0 amide bonds. The number of aromatic nitrogens is 2. The Labute approximate surface area is 82.6 Å². The van der Waals surface area contributed by atoms with Crippen LogP contribution in [0.2, 0.25) is 0 Å². The van der Waals surface area contributed by atoms with E-state index in [0.29, 0.717) is 9.26 Å². The molecule has 1 rings (SSSR count). The average Bonchev–Trinajstić information content (AvgIpc) is 1.96. The summed E-state index contributed by atoms with van der Waals surface area (Å²) in [5.74, 6) is 0.159. The highest BCUT2D eigenvalue weighted by molar-refractivity contribution is 14.1. The van der Waals surface area contributed by atoms with Gasteiger partial charge in [0.1, 0.15) is 0 Å². The number of H-pyrrole nitrogens is 2. The molecule has 0 aliphatic rings. The summed E-state index contributed by atoms with van der Waals surface area (Å²) < 4.78 is 0.558. The van der Waals surface area contributed by atoms with Crippen molar-refractivity contribution in [3.8, 4) is 0 Å². The maximum Gasteiger partial charge on any atom is 0.325 e. The molecule has 0 unspecified atom stereocenters. The second kappa shape index (κ2) is 3.42. The molecule has 0 aliphatic heterocycles. The van der Waals surface area contributed by atoms with Crippen LogP contribution in [-0.2, 0) is 0 Å². The molecule has 12 heavy (non-hydrogen) atoms. The Balaban J connectivity index is 3.49. The lowest BCUT2D eigenvalue weighted by molar-refractivity contribution is 0.785. The van der Waals surface area contributed by atoms with Crippen molar-refractivity contribution in [2.75, 3.05) is 0 Å². The highest BCUT2D eigenvalue weighted by Gasteiger charge is 2.08. The quantitative estimate of drug-likeness (QED) is 0.747. The number of aromatic amines is 2. The minimum absolute atomic E-state index is 0.159. The van der Waals surface area contributed by atoms with Gasteiger partial charge in [-0.1, -0.05) is 13.8 Å². The molecular formula is C7H9IN2O2. The molecule has 0 saturated carbocycles. The van der Waals surface area contributed by atoms with Crippen molar-refractivity contribution < 1.29 is 0 Å². The molecule has 0 aromatic carbocycles. The van der Waals surface area contributed by atoms with E-state index >= 15 is 0 Å². The van der Waals surface area contributed by atoms with Crippen molar-refractivity contribution in [1.82, 2.24) is 9.97 Å². The maximum absolute atomic E-state index is 11.1. The summed E-state index contributed by atoms with van der Waals surface area (Å²) in [7, 11) is 0. The van der Waals surface area contributed by atoms with Crippen LogP contribution in [0, 0.1) is 3.57 Å². The minimum Gasteiger partial charge on any atom is -0.310 e. The zero-order chi connectivity index (χ0) is 9.30. The van der Waals surface area contributed by atoms with Crippen LogP contribution in [0.1, 0.15) is 25.5 Å². The lowest BCUT2D eigenvalue weighted by Crippen LogP contribution is -2.27. The standard InChI is InChI=1S/C7H9IN2O2/c1-3(2)5-4(8)6(11)10-7(12)9-5/h3H,1-2H3,(H2,9,10,11,12). The van der Waals surface area contributed by atoms with Gasteiger partial charge in [-0.3, -0.25) is 9.78 Å². The van der Waals surface area contributed by atoms with Gasteiger partial charge in [-0.05, 0) is 28.5 Å².